The number of sulfonamides is 1. The Morgan fingerprint density at radius 1 is 0.875 bits per heavy atom. The molecule has 2 heterocycles. The van der Waals surface area contributed by atoms with Crippen LogP contribution in [0.2, 0.25) is 0 Å². The molecule has 8 heteroatoms. The Morgan fingerprint density at radius 3 is 2.16 bits per heavy atom. The van der Waals surface area contributed by atoms with Crippen molar-refractivity contribution in [2.24, 2.45) is 5.92 Å². The average molecular weight is 460 g/mol. The molecule has 2 aromatic rings. The number of hydrogen-bond acceptors (Lipinski definition) is 4. The van der Waals surface area contributed by atoms with Crippen LogP contribution in [0.5, 0.6) is 0 Å². The van der Waals surface area contributed by atoms with Gasteiger partial charge in [-0.25, -0.2) is 12.8 Å². The van der Waals surface area contributed by atoms with Gasteiger partial charge in [-0.1, -0.05) is 42.5 Å². The predicted octanol–water partition coefficient (Wildman–Crippen LogP) is 2.61. The van der Waals surface area contributed by atoms with Gasteiger partial charge in [-0.2, -0.15) is 4.31 Å². The summed E-state index contributed by atoms with van der Waals surface area (Å²) in [5.41, 5.74) is 1.32. The number of piperazine rings is 1. The molecule has 0 aromatic heterocycles. The Bertz CT molecular complexity index is 1020. The fourth-order valence-electron chi connectivity index (χ4n) is 4.52. The highest BCUT2D eigenvalue weighted by Crippen LogP contribution is 2.26. The number of hydrogen-bond donors (Lipinski definition) is 0. The summed E-state index contributed by atoms with van der Waals surface area (Å²) in [6.45, 7) is 4.60. The number of nitrogens with zero attached hydrogens (tertiary/aromatic N) is 3. The number of benzene rings is 2. The summed E-state index contributed by atoms with van der Waals surface area (Å²) in [6, 6.07) is 15.8. The summed E-state index contributed by atoms with van der Waals surface area (Å²) in [6.07, 6.45) is 1.95. The monoisotopic (exact) mass is 459 g/mol. The lowest BCUT2D eigenvalue weighted by Gasteiger charge is -2.38. The van der Waals surface area contributed by atoms with E-state index in [4.69, 9.17) is 0 Å². The molecule has 0 aliphatic carbocycles. The number of piperidine rings is 1. The van der Waals surface area contributed by atoms with E-state index in [9.17, 15) is 17.6 Å². The van der Waals surface area contributed by atoms with Crippen molar-refractivity contribution in [1.82, 2.24) is 14.1 Å². The smallest absolute Gasteiger partial charge is 0.245 e. The second-order valence-electron chi connectivity index (χ2n) is 8.51. The molecule has 0 saturated carbocycles. The lowest BCUT2D eigenvalue weighted by atomic mass is 9.96. The maximum Gasteiger partial charge on any atom is 0.245 e. The van der Waals surface area contributed by atoms with Crippen LogP contribution < -0.4 is 0 Å². The van der Waals surface area contributed by atoms with Gasteiger partial charge in [0.05, 0.1) is 0 Å². The first-order valence-electron chi connectivity index (χ1n) is 11.2. The Kier molecular flexibility index (Phi) is 7.23. The molecule has 0 spiro atoms. The molecule has 2 saturated heterocycles. The molecule has 4 rings (SSSR count). The van der Waals surface area contributed by atoms with E-state index in [-0.39, 0.29) is 29.8 Å². The van der Waals surface area contributed by atoms with Gasteiger partial charge in [0.25, 0.3) is 0 Å². The highest BCUT2D eigenvalue weighted by molar-refractivity contribution is 7.89. The molecule has 2 aliphatic rings. The van der Waals surface area contributed by atoms with Gasteiger partial charge < -0.3 is 4.90 Å². The van der Waals surface area contributed by atoms with Crippen LogP contribution >= 0.6 is 0 Å². The zero-order chi connectivity index (χ0) is 22.6. The number of amides is 1. The van der Waals surface area contributed by atoms with Gasteiger partial charge in [0.1, 0.15) is 10.7 Å². The summed E-state index contributed by atoms with van der Waals surface area (Å²) in [5.74, 6) is -0.788. The lowest BCUT2D eigenvalue weighted by molar-refractivity contribution is -0.138. The fraction of sp³-hybridized carbons (Fsp3) is 0.458. The SMILES string of the molecule is O=C(C1CCN(S(=O)(=O)c2ccccc2F)CC1)N1CCN(CCc2ccccc2)CC1. The molecule has 0 radical (unpaired) electrons. The van der Waals surface area contributed by atoms with E-state index in [1.54, 1.807) is 0 Å². The van der Waals surface area contributed by atoms with Gasteiger partial charge in [0, 0.05) is 51.7 Å². The first-order valence-corrected chi connectivity index (χ1v) is 12.7. The first-order chi connectivity index (χ1) is 15.4. The standard InChI is InChI=1S/C24H30FN3O3S/c25-22-8-4-5-9-23(22)32(30,31)28-14-11-21(12-15-28)24(29)27-18-16-26(17-19-27)13-10-20-6-2-1-3-7-20/h1-9,21H,10-19H2. The van der Waals surface area contributed by atoms with Crippen molar-refractivity contribution in [2.45, 2.75) is 24.2 Å². The lowest BCUT2D eigenvalue weighted by Crippen LogP contribution is -2.52. The van der Waals surface area contributed by atoms with Gasteiger partial charge in [-0.15, -0.1) is 0 Å². The van der Waals surface area contributed by atoms with Gasteiger partial charge in [-0.05, 0) is 37.0 Å². The molecule has 172 valence electrons. The molecule has 0 atom stereocenters. The largest absolute Gasteiger partial charge is 0.340 e. The molecule has 0 unspecified atom stereocenters. The Labute approximate surface area is 189 Å². The van der Waals surface area contributed by atoms with Crippen molar-refractivity contribution in [3.05, 3.63) is 66.0 Å². The van der Waals surface area contributed by atoms with Gasteiger partial charge in [0.2, 0.25) is 15.9 Å². The van der Waals surface area contributed by atoms with Crippen LogP contribution in [0.25, 0.3) is 0 Å². The van der Waals surface area contributed by atoms with Crippen LogP contribution in [0.1, 0.15) is 18.4 Å². The molecule has 32 heavy (non-hydrogen) atoms. The van der Waals surface area contributed by atoms with Crippen LogP contribution in [0.15, 0.2) is 59.5 Å². The zero-order valence-corrected chi connectivity index (χ0v) is 19.0. The molecule has 1 amide bonds. The second-order valence-corrected chi connectivity index (χ2v) is 10.4. The minimum absolute atomic E-state index is 0.121. The molecule has 2 fully saturated rings. The van der Waals surface area contributed by atoms with E-state index in [1.807, 2.05) is 11.0 Å². The summed E-state index contributed by atoms with van der Waals surface area (Å²) >= 11 is 0. The van der Waals surface area contributed by atoms with Crippen molar-refractivity contribution >= 4 is 15.9 Å². The van der Waals surface area contributed by atoms with Crippen LogP contribution in [0, 0.1) is 11.7 Å². The van der Waals surface area contributed by atoms with Crippen LogP contribution in [0.3, 0.4) is 0 Å². The third-order valence-corrected chi connectivity index (χ3v) is 8.43. The highest BCUT2D eigenvalue weighted by Gasteiger charge is 2.35. The maximum atomic E-state index is 14.0. The van der Waals surface area contributed by atoms with Gasteiger partial charge >= 0.3 is 0 Å². The third-order valence-electron chi connectivity index (χ3n) is 6.50. The van der Waals surface area contributed by atoms with E-state index in [1.165, 1.54) is 28.1 Å². The summed E-state index contributed by atoms with van der Waals surface area (Å²) < 4.78 is 40.8. The van der Waals surface area contributed by atoms with Crippen molar-refractivity contribution < 1.29 is 17.6 Å². The number of rotatable bonds is 6. The maximum absolute atomic E-state index is 14.0. The molecule has 0 bridgehead atoms. The summed E-state index contributed by atoms with van der Waals surface area (Å²) in [4.78, 5) is 17.0. The second kappa shape index (κ2) is 10.1. The minimum Gasteiger partial charge on any atom is -0.340 e. The Balaban J connectivity index is 1.25. The minimum atomic E-state index is -3.88. The van der Waals surface area contributed by atoms with Crippen molar-refractivity contribution in [3.8, 4) is 0 Å². The van der Waals surface area contributed by atoms with Crippen molar-refractivity contribution in [2.75, 3.05) is 45.8 Å². The van der Waals surface area contributed by atoms with Crippen LogP contribution in [-0.4, -0.2) is 74.2 Å². The van der Waals surface area contributed by atoms with E-state index in [0.29, 0.717) is 25.9 Å². The molecular weight excluding hydrogens is 429 g/mol. The molecule has 6 nitrogen and oxygen atoms in total. The van der Waals surface area contributed by atoms with E-state index >= 15 is 0 Å². The zero-order valence-electron chi connectivity index (χ0n) is 18.2. The van der Waals surface area contributed by atoms with Crippen LogP contribution in [-0.2, 0) is 21.2 Å². The molecule has 2 aromatic carbocycles. The normalized spacial score (nSPS) is 19.2. The molecule has 0 N–H and O–H groups in total. The van der Waals surface area contributed by atoms with Gasteiger partial charge in [-0.3, -0.25) is 9.69 Å². The predicted molar refractivity (Wildman–Crippen MR) is 121 cm³/mol. The summed E-state index contributed by atoms with van der Waals surface area (Å²) in [5, 5.41) is 0. The average Bonchev–Trinajstić information content (AvgIpc) is 2.83. The number of carbonyl (C=O) groups excluding carboxylic acids is 1. The first kappa shape index (κ1) is 22.9. The van der Waals surface area contributed by atoms with Crippen molar-refractivity contribution in [1.29, 1.82) is 0 Å². The third kappa shape index (κ3) is 5.19. The number of carbonyl (C=O) groups is 1. The topological polar surface area (TPSA) is 60.9 Å². The van der Waals surface area contributed by atoms with E-state index in [2.05, 4.69) is 29.2 Å². The quantitative estimate of drug-likeness (QED) is 0.666. The number of halogens is 1. The fourth-order valence-corrected chi connectivity index (χ4v) is 6.05. The molecular formula is C24H30FN3O3S. The summed E-state index contributed by atoms with van der Waals surface area (Å²) in [7, 11) is -3.88. The van der Waals surface area contributed by atoms with E-state index < -0.39 is 15.8 Å². The Morgan fingerprint density at radius 2 is 1.50 bits per heavy atom. The highest BCUT2D eigenvalue weighted by atomic mass is 32.2. The van der Waals surface area contributed by atoms with Crippen molar-refractivity contribution in [3.63, 3.8) is 0 Å². The van der Waals surface area contributed by atoms with E-state index in [0.717, 1.165) is 32.1 Å². The van der Waals surface area contributed by atoms with Gasteiger partial charge in [0.15, 0.2) is 0 Å². The van der Waals surface area contributed by atoms with Crippen LogP contribution in [0.4, 0.5) is 4.39 Å². The Hall–Kier alpha value is -2.29. The molecule has 2 aliphatic heterocycles.